The first kappa shape index (κ1) is 19.5. The summed E-state index contributed by atoms with van der Waals surface area (Å²) < 4.78 is 21.3. The van der Waals surface area contributed by atoms with Gasteiger partial charge in [-0.2, -0.15) is 5.10 Å². The van der Waals surface area contributed by atoms with E-state index in [0.29, 0.717) is 36.0 Å². The number of hydrogen-bond donors (Lipinski definition) is 1. The molecule has 0 bridgehead atoms. The second kappa shape index (κ2) is 8.19. The molecule has 10 nitrogen and oxygen atoms in total. The number of methoxy groups -OCH3 is 1. The molecule has 0 aliphatic carbocycles. The van der Waals surface area contributed by atoms with E-state index in [0.717, 1.165) is 0 Å². The fraction of sp³-hybridized carbons (Fsp3) is 0.333. The number of nitrogens with one attached hydrogen (secondary N) is 1. The maximum Gasteiger partial charge on any atom is 0.284 e. The van der Waals surface area contributed by atoms with E-state index in [1.54, 1.807) is 31.2 Å². The standard InChI is InChI=1S/C18H19N3O7/c1-18(26-7-8-27-18)10-17(22)20-19-11-13-4-6-16(28-13)14-5-3-12(25-2)9-15(14)21(23)24/h3-6,9,11H,7-8,10H2,1-2H3,(H,20,22)/b19-11+. The first-order chi connectivity index (χ1) is 13.4. The van der Waals surface area contributed by atoms with Crippen molar-refractivity contribution in [3.8, 4) is 17.1 Å². The summed E-state index contributed by atoms with van der Waals surface area (Å²) in [6.45, 7) is 2.57. The lowest BCUT2D eigenvalue weighted by molar-refractivity contribution is -0.384. The predicted octanol–water partition coefficient (Wildman–Crippen LogP) is 2.47. The van der Waals surface area contributed by atoms with Crippen LogP contribution in [0.3, 0.4) is 0 Å². The molecule has 1 aromatic carbocycles. The second-order valence-electron chi connectivity index (χ2n) is 6.14. The fourth-order valence-electron chi connectivity index (χ4n) is 2.72. The van der Waals surface area contributed by atoms with Crippen molar-refractivity contribution in [3.63, 3.8) is 0 Å². The van der Waals surface area contributed by atoms with Crippen LogP contribution >= 0.6 is 0 Å². The number of nitrogens with zero attached hydrogens (tertiary/aromatic N) is 2. The molecule has 1 saturated heterocycles. The van der Waals surface area contributed by atoms with Gasteiger partial charge in [-0.25, -0.2) is 5.43 Å². The van der Waals surface area contributed by atoms with Crippen molar-refractivity contribution >= 4 is 17.8 Å². The molecular formula is C18H19N3O7. The topological polar surface area (TPSA) is 125 Å². The number of nitro benzene ring substituents is 1. The largest absolute Gasteiger partial charge is 0.497 e. The van der Waals surface area contributed by atoms with Crippen LogP contribution in [-0.2, 0) is 14.3 Å². The van der Waals surface area contributed by atoms with Crippen LogP contribution < -0.4 is 10.2 Å². The first-order valence-corrected chi connectivity index (χ1v) is 8.43. The maximum absolute atomic E-state index is 11.9. The van der Waals surface area contributed by atoms with Crippen LogP contribution in [0.25, 0.3) is 11.3 Å². The van der Waals surface area contributed by atoms with Gasteiger partial charge in [0.1, 0.15) is 17.3 Å². The number of carbonyl (C=O) groups is 1. The van der Waals surface area contributed by atoms with Crippen LogP contribution in [0.5, 0.6) is 5.75 Å². The van der Waals surface area contributed by atoms with Gasteiger partial charge in [0.05, 0.1) is 49.5 Å². The Labute approximate surface area is 160 Å². The molecular weight excluding hydrogens is 370 g/mol. The van der Waals surface area contributed by atoms with Gasteiger partial charge in [-0.3, -0.25) is 14.9 Å². The number of rotatable bonds is 7. The van der Waals surface area contributed by atoms with Crippen molar-refractivity contribution < 1.29 is 28.3 Å². The summed E-state index contributed by atoms with van der Waals surface area (Å²) in [5, 5.41) is 15.1. The van der Waals surface area contributed by atoms with Crippen LogP contribution in [0.1, 0.15) is 19.1 Å². The number of hydrazone groups is 1. The molecule has 2 heterocycles. The van der Waals surface area contributed by atoms with Gasteiger partial charge in [0.2, 0.25) is 5.91 Å². The van der Waals surface area contributed by atoms with Gasteiger partial charge in [-0.05, 0) is 31.2 Å². The lowest BCUT2D eigenvalue weighted by atomic mass is 10.1. The minimum atomic E-state index is -0.940. The molecule has 2 aromatic rings. The summed E-state index contributed by atoms with van der Waals surface area (Å²) in [5.74, 6) is -0.332. The molecule has 1 fully saturated rings. The third-order valence-electron chi connectivity index (χ3n) is 4.05. The van der Waals surface area contributed by atoms with Crippen molar-refractivity contribution in [1.29, 1.82) is 0 Å². The van der Waals surface area contributed by atoms with Gasteiger partial charge < -0.3 is 18.6 Å². The molecule has 10 heteroatoms. The van der Waals surface area contributed by atoms with E-state index < -0.39 is 10.7 Å². The molecule has 0 saturated carbocycles. The zero-order chi connectivity index (χ0) is 20.1. The Morgan fingerprint density at radius 1 is 1.36 bits per heavy atom. The van der Waals surface area contributed by atoms with Gasteiger partial charge in [-0.1, -0.05) is 0 Å². The number of benzene rings is 1. The van der Waals surface area contributed by atoms with Crippen molar-refractivity contribution in [2.75, 3.05) is 20.3 Å². The van der Waals surface area contributed by atoms with E-state index in [1.165, 1.54) is 19.4 Å². The molecule has 28 heavy (non-hydrogen) atoms. The molecule has 3 rings (SSSR count). The molecule has 148 valence electrons. The lowest BCUT2D eigenvalue weighted by Crippen LogP contribution is -2.33. The number of ether oxygens (including phenoxy) is 3. The second-order valence-corrected chi connectivity index (χ2v) is 6.14. The monoisotopic (exact) mass is 389 g/mol. The summed E-state index contributed by atoms with van der Waals surface area (Å²) in [6.07, 6.45) is 1.31. The number of carbonyl (C=O) groups excluding carboxylic acids is 1. The molecule has 1 aromatic heterocycles. The van der Waals surface area contributed by atoms with Gasteiger partial charge in [0, 0.05) is 0 Å². The van der Waals surface area contributed by atoms with Crippen LogP contribution in [0.4, 0.5) is 5.69 Å². The van der Waals surface area contributed by atoms with Gasteiger partial charge in [0.25, 0.3) is 5.69 Å². The Balaban J connectivity index is 1.66. The summed E-state index contributed by atoms with van der Waals surface area (Å²) >= 11 is 0. The molecule has 1 amide bonds. The highest BCUT2D eigenvalue weighted by Gasteiger charge is 2.33. The Bertz CT molecular complexity index is 900. The van der Waals surface area contributed by atoms with E-state index in [2.05, 4.69) is 10.5 Å². The molecule has 1 N–H and O–H groups in total. The van der Waals surface area contributed by atoms with Crippen molar-refractivity contribution in [1.82, 2.24) is 5.43 Å². The molecule has 1 aliphatic rings. The highest BCUT2D eigenvalue weighted by molar-refractivity contribution is 5.82. The smallest absolute Gasteiger partial charge is 0.284 e. The molecule has 1 aliphatic heterocycles. The van der Waals surface area contributed by atoms with Crippen LogP contribution in [0.2, 0.25) is 0 Å². The summed E-state index contributed by atoms with van der Waals surface area (Å²) in [5.41, 5.74) is 2.52. The van der Waals surface area contributed by atoms with Crippen LogP contribution in [-0.4, -0.2) is 43.2 Å². The molecule has 0 atom stereocenters. The minimum absolute atomic E-state index is 0.00574. The third-order valence-corrected chi connectivity index (χ3v) is 4.05. The van der Waals surface area contributed by atoms with Crippen molar-refractivity contribution in [2.24, 2.45) is 5.10 Å². The molecule has 0 unspecified atom stereocenters. The average Bonchev–Trinajstić information content (AvgIpc) is 3.30. The van der Waals surface area contributed by atoms with E-state index in [4.69, 9.17) is 18.6 Å². The Morgan fingerprint density at radius 2 is 2.11 bits per heavy atom. The predicted molar refractivity (Wildman–Crippen MR) is 98.0 cm³/mol. The van der Waals surface area contributed by atoms with E-state index in [1.807, 2.05) is 0 Å². The zero-order valence-corrected chi connectivity index (χ0v) is 15.3. The molecule has 0 spiro atoms. The summed E-state index contributed by atoms with van der Waals surface area (Å²) in [4.78, 5) is 22.7. The van der Waals surface area contributed by atoms with Crippen molar-refractivity contribution in [3.05, 3.63) is 46.2 Å². The maximum atomic E-state index is 11.9. The number of hydrogen-bond acceptors (Lipinski definition) is 8. The average molecular weight is 389 g/mol. The van der Waals surface area contributed by atoms with Gasteiger partial charge in [-0.15, -0.1) is 0 Å². The lowest BCUT2D eigenvalue weighted by Gasteiger charge is -2.20. The fourth-order valence-corrected chi connectivity index (χ4v) is 2.72. The summed E-state index contributed by atoms with van der Waals surface area (Å²) in [6, 6.07) is 7.63. The van der Waals surface area contributed by atoms with Gasteiger partial charge in [0.15, 0.2) is 5.79 Å². The SMILES string of the molecule is COc1ccc(-c2ccc(/C=N/NC(=O)CC3(C)OCCO3)o2)c([N+](=O)[O-])c1. The van der Waals surface area contributed by atoms with Crippen LogP contribution in [0.15, 0.2) is 39.9 Å². The Morgan fingerprint density at radius 3 is 2.79 bits per heavy atom. The van der Waals surface area contributed by atoms with E-state index in [-0.39, 0.29) is 18.0 Å². The number of furan rings is 1. The van der Waals surface area contributed by atoms with E-state index >= 15 is 0 Å². The number of nitro groups is 1. The van der Waals surface area contributed by atoms with E-state index in [9.17, 15) is 14.9 Å². The quantitative estimate of drug-likeness (QED) is 0.438. The first-order valence-electron chi connectivity index (χ1n) is 8.43. The zero-order valence-electron chi connectivity index (χ0n) is 15.3. The Hall–Kier alpha value is -3.24. The summed E-state index contributed by atoms with van der Waals surface area (Å²) in [7, 11) is 1.43. The van der Waals surface area contributed by atoms with Gasteiger partial charge >= 0.3 is 0 Å². The Kier molecular flexibility index (Phi) is 5.71. The number of amides is 1. The minimum Gasteiger partial charge on any atom is -0.497 e. The third kappa shape index (κ3) is 4.53. The molecule has 0 radical (unpaired) electrons. The normalized spacial score (nSPS) is 15.6. The van der Waals surface area contributed by atoms with Crippen LogP contribution in [0, 0.1) is 10.1 Å². The highest BCUT2D eigenvalue weighted by Crippen LogP contribution is 2.33. The van der Waals surface area contributed by atoms with Crippen molar-refractivity contribution in [2.45, 2.75) is 19.1 Å². The highest BCUT2D eigenvalue weighted by atomic mass is 16.7.